The SMILES string of the molecule is CCc1c(C(=O)Nc2nc(-c3ccc(SC)cc3)cs2)cnn1-c1ccccn1. The van der Waals surface area contributed by atoms with Crippen LogP contribution >= 0.6 is 23.1 Å². The number of thioether (sulfide) groups is 1. The van der Waals surface area contributed by atoms with Crippen molar-refractivity contribution in [1.29, 1.82) is 0 Å². The number of anilines is 1. The van der Waals surface area contributed by atoms with Crippen molar-refractivity contribution in [2.24, 2.45) is 0 Å². The maximum atomic E-state index is 12.8. The van der Waals surface area contributed by atoms with Gasteiger partial charge in [0.15, 0.2) is 10.9 Å². The topological polar surface area (TPSA) is 72.7 Å². The molecular formula is C21H19N5OS2. The number of carbonyl (C=O) groups is 1. The van der Waals surface area contributed by atoms with Crippen LogP contribution in [0, 0.1) is 0 Å². The summed E-state index contributed by atoms with van der Waals surface area (Å²) in [6.07, 6.45) is 5.99. The predicted molar refractivity (Wildman–Crippen MR) is 118 cm³/mol. The molecule has 4 aromatic rings. The van der Waals surface area contributed by atoms with Crippen molar-refractivity contribution >= 4 is 34.1 Å². The van der Waals surface area contributed by atoms with Crippen LogP contribution in [0.4, 0.5) is 5.13 Å². The highest BCUT2D eigenvalue weighted by molar-refractivity contribution is 7.98. The van der Waals surface area contributed by atoms with Gasteiger partial charge < -0.3 is 0 Å². The average molecular weight is 422 g/mol. The summed E-state index contributed by atoms with van der Waals surface area (Å²) < 4.78 is 1.70. The summed E-state index contributed by atoms with van der Waals surface area (Å²) in [5, 5.41) is 9.77. The summed E-state index contributed by atoms with van der Waals surface area (Å²) >= 11 is 3.11. The second-order valence-corrected chi connectivity index (χ2v) is 7.92. The monoisotopic (exact) mass is 421 g/mol. The number of amides is 1. The van der Waals surface area contributed by atoms with Crippen LogP contribution < -0.4 is 5.32 Å². The molecule has 0 aliphatic heterocycles. The Morgan fingerprint density at radius 2 is 2.03 bits per heavy atom. The summed E-state index contributed by atoms with van der Waals surface area (Å²) in [7, 11) is 0. The Hall–Kier alpha value is -2.97. The number of aromatic nitrogens is 4. The quantitative estimate of drug-likeness (QED) is 0.447. The van der Waals surface area contributed by atoms with Crippen LogP contribution in [0.3, 0.4) is 0 Å². The lowest BCUT2D eigenvalue weighted by molar-refractivity contribution is 0.102. The lowest BCUT2D eigenvalue weighted by Crippen LogP contribution is -2.14. The Kier molecular flexibility index (Phi) is 5.73. The van der Waals surface area contributed by atoms with Crippen LogP contribution in [0.2, 0.25) is 0 Å². The van der Waals surface area contributed by atoms with Gasteiger partial charge in [-0.05, 0) is 36.9 Å². The van der Waals surface area contributed by atoms with E-state index in [1.165, 1.54) is 16.2 Å². The fourth-order valence-corrected chi connectivity index (χ4v) is 4.09. The molecule has 0 bridgehead atoms. The zero-order valence-corrected chi connectivity index (χ0v) is 17.6. The van der Waals surface area contributed by atoms with E-state index in [4.69, 9.17) is 0 Å². The molecule has 0 radical (unpaired) electrons. The molecule has 0 spiro atoms. The Bertz CT molecular complexity index is 1120. The summed E-state index contributed by atoms with van der Waals surface area (Å²) in [5.74, 6) is 0.469. The van der Waals surface area contributed by atoms with Gasteiger partial charge in [0.1, 0.15) is 0 Å². The fraction of sp³-hybridized carbons (Fsp3) is 0.143. The van der Waals surface area contributed by atoms with Crippen LogP contribution in [0.25, 0.3) is 17.1 Å². The minimum atomic E-state index is -0.220. The van der Waals surface area contributed by atoms with Gasteiger partial charge in [-0.25, -0.2) is 14.6 Å². The summed E-state index contributed by atoms with van der Waals surface area (Å²) in [4.78, 5) is 22.9. The van der Waals surface area contributed by atoms with Crippen LogP contribution in [0.15, 0.2) is 65.1 Å². The molecule has 0 aliphatic carbocycles. The maximum Gasteiger partial charge on any atom is 0.260 e. The third-order valence-corrected chi connectivity index (χ3v) is 5.93. The van der Waals surface area contributed by atoms with Gasteiger partial charge in [0.2, 0.25) is 0 Å². The van der Waals surface area contributed by atoms with Crippen LogP contribution in [-0.4, -0.2) is 31.9 Å². The summed E-state index contributed by atoms with van der Waals surface area (Å²) in [5.41, 5.74) is 3.21. The Balaban J connectivity index is 1.54. The van der Waals surface area contributed by atoms with Crippen LogP contribution in [-0.2, 0) is 6.42 Å². The van der Waals surface area contributed by atoms with E-state index in [0.29, 0.717) is 22.9 Å². The van der Waals surface area contributed by atoms with Crippen molar-refractivity contribution < 1.29 is 4.79 Å². The highest BCUT2D eigenvalue weighted by atomic mass is 32.2. The molecule has 3 aromatic heterocycles. The van der Waals surface area contributed by atoms with Crippen molar-refractivity contribution in [2.75, 3.05) is 11.6 Å². The molecule has 0 saturated carbocycles. The number of nitrogens with zero attached hydrogens (tertiary/aromatic N) is 4. The maximum absolute atomic E-state index is 12.8. The molecule has 0 unspecified atom stereocenters. The molecule has 0 fully saturated rings. The first-order chi connectivity index (χ1) is 14.2. The van der Waals surface area contributed by atoms with Crippen LogP contribution in [0.1, 0.15) is 23.0 Å². The van der Waals surface area contributed by atoms with Gasteiger partial charge in [0.25, 0.3) is 5.91 Å². The number of nitrogens with one attached hydrogen (secondary N) is 1. The average Bonchev–Trinajstić information content (AvgIpc) is 3.41. The number of pyridine rings is 1. The molecule has 29 heavy (non-hydrogen) atoms. The van der Waals surface area contributed by atoms with Crippen LogP contribution in [0.5, 0.6) is 0 Å². The molecule has 146 valence electrons. The lowest BCUT2D eigenvalue weighted by atomic mass is 10.2. The highest BCUT2D eigenvalue weighted by Gasteiger charge is 2.19. The lowest BCUT2D eigenvalue weighted by Gasteiger charge is -2.06. The summed E-state index contributed by atoms with van der Waals surface area (Å²) in [6, 6.07) is 13.8. The van der Waals surface area contributed by atoms with Crippen molar-refractivity contribution in [3.8, 4) is 17.1 Å². The van der Waals surface area contributed by atoms with E-state index in [0.717, 1.165) is 17.0 Å². The number of rotatable bonds is 6. The molecule has 8 heteroatoms. The van der Waals surface area contributed by atoms with E-state index in [1.54, 1.807) is 28.8 Å². The standard InChI is InChI=1S/C21H19N5OS2/c1-3-18-16(12-23-26(18)19-6-4-5-11-22-19)20(27)25-21-24-17(13-29-21)14-7-9-15(28-2)10-8-14/h4-13H,3H2,1-2H3,(H,24,25,27). The van der Waals surface area contributed by atoms with E-state index in [-0.39, 0.29) is 5.91 Å². The van der Waals surface area contributed by atoms with Gasteiger partial charge in [-0.15, -0.1) is 23.1 Å². The first-order valence-electron chi connectivity index (χ1n) is 9.09. The zero-order chi connectivity index (χ0) is 20.2. The minimum Gasteiger partial charge on any atom is -0.298 e. The van der Waals surface area contributed by atoms with Gasteiger partial charge in [0, 0.05) is 22.0 Å². The molecule has 1 aromatic carbocycles. The molecule has 6 nitrogen and oxygen atoms in total. The molecule has 0 aliphatic rings. The molecule has 3 heterocycles. The Morgan fingerprint density at radius 3 is 2.72 bits per heavy atom. The van der Waals surface area contributed by atoms with Gasteiger partial charge in [-0.2, -0.15) is 5.10 Å². The van der Waals surface area contributed by atoms with E-state index in [9.17, 15) is 4.79 Å². The van der Waals surface area contributed by atoms with E-state index < -0.39 is 0 Å². The van der Waals surface area contributed by atoms with Gasteiger partial charge in [0.05, 0.1) is 23.1 Å². The molecule has 0 atom stereocenters. The van der Waals surface area contributed by atoms with E-state index in [1.807, 2.05) is 48.9 Å². The van der Waals surface area contributed by atoms with E-state index in [2.05, 4.69) is 32.5 Å². The fourth-order valence-electron chi connectivity index (χ4n) is 2.97. The number of hydrogen-bond acceptors (Lipinski definition) is 6. The smallest absolute Gasteiger partial charge is 0.260 e. The third-order valence-electron chi connectivity index (χ3n) is 4.43. The predicted octanol–water partition coefficient (Wildman–Crippen LogP) is 4.93. The number of hydrogen-bond donors (Lipinski definition) is 1. The van der Waals surface area contributed by atoms with Crippen molar-refractivity contribution in [2.45, 2.75) is 18.2 Å². The first kappa shape index (κ1) is 19.4. The molecule has 1 N–H and O–H groups in total. The zero-order valence-electron chi connectivity index (χ0n) is 16.0. The highest BCUT2D eigenvalue weighted by Crippen LogP contribution is 2.27. The first-order valence-corrected chi connectivity index (χ1v) is 11.2. The number of thiazole rings is 1. The Labute approximate surface area is 177 Å². The van der Waals surface area contributed by atoms with Crippen molar-refractivity contribution in [1.82, 2.24) is 19.7 Å². The molecule has 4 rings (SSSR count). The number of benzene rings is 1. The van der Waals surface area contributed by atoms with Crippen molar-refractivity contribution in [3.05, 3.63) is 71.5 Å². The minimum absolute atomic E-state index is 0.220. The third kappa shape index (κ3) is 4.08. The van der Waals surface area contributed by atoms with Gasteiger partial charge in [-0.1, -0.05) is 25.1 Å². The largest absolute Gasteiger partial charge is 0.298 e. The molecular weight excluding hydrogens is 402 g/mol. The van der Waals surface area contributed by atoms with Gasteiger partial charge >= 0.3 is 0 Å². The second kappa shape index (κ2) is 8.59. The normalized spacial score (nSPS) is 10.8. The van der Waals surface area contributed by atoms with Crippen molar-refractivity contribution in [3.63, 3.8) is 0 Å². The molecule has 0 saturated heterocycles. The number of carbonyl (C=O) groups excluding carboxylic acids is 1. The van der Waals surface area contributed by atoms with E-state index >= 15 is 0 Å². The molecule has 1 amide bonds. The second-order valence-electron chi connectivity index (χ2n) is 6.18. The summed E-state index contributed by atoms with van der Waals surface area (Å²) in [6.45, 7) is 1.99. The Morgan fingerprint density at radius 1 is 1.21 bits per heavy atom. The van der Waals surface area contributed by atoms with Gasteiger partial charge in [-0.3, -0.25) is 10.1 Å².